The van der Waals surface area contributed by atoms with Crippen molar-refractivity contribution in [1.82, 2.24) is 10.2 Å². The highest BCUT2D eigenvalue weighted by molar-refractivity contribution is 6.19. The van der Waals surface area contributed by atoms with Gasteiger partial charge in [-0.3, -0.25) is 24.6 Å². The third kappa shape index (κ3) is 2.49. The van der Waals surface area contributed by atoms with Crippen LogP contribution in [0.5, 0.6) is 0 Å². The number of nitrogens with zero attached hydrogens (tertiary/aromatic N) is 1. The molecule has 0 aromatic heterocycles. The Labute approximate surface area is 104 Å². The molecule has 1 heterocycles. The van der Waals surface area contributed by atoms with Crippen LogP contribution in [0.3, 0.4) is 0 Å². The maximum atomic E-state index is 12.1. The highest BCUT2D eigenvalue weighted by Crippen LogP contribution is 2.28. The quantitative estimate of drug-likeness (QED) is 0.699. The number of carboxylic acids is 1. The van der Waals surface area contributed by atoms with Crippen LogP contribution in [0.4, 0.5) is 4.79 Å². The van der Waals surface area contributed by atoms with E-state index >= 15 is 0 Å². The Kier molecular flexibility index (Phi) is 3.73. The summed E-state index contributed by atoms with van der Waals surface area (Å²) < 4.78 is 0. The molecule has 0 aliphatic carbocycles. The van der Waals surface area contributed by atoms with Gasteiger partial charge in [-0.15, -0.1) is 0 Å². The number of hydrogen-bond donors (Lipinski definition) is 2. The van der Waals surface area contributed by atoms with Gasteiger partial charge in [-0.25, -0.2) is 4.79 Å². The molecule has 1 fully saturated rings. The molecule has 0 aromatic rings. The Morgan fingerprint density at radius 1 is 1.39 bits per heavy atom. The second-order valence-corrected chi connectivity index (χ2v) is 4.97. The number of carboxylic acid groups (broad SMARTS) is 1. The number of rotatable bonds is 4. The van der Waals surface area contributed by atoms with E-state index in [1.54, 1.807) is 0 Å². The fourth-order valence-corrected chi connectivity index (χ4v) is 1.78. The first kappa shape index (κ1) is 14.1. The van der Waals surface area contributed by atoms with Crippen molar-refractivity contribution >= 4 is 23.8 Å². The van der Waals surface area contributed by atoms with Crippen LogP contribution in [0.2, 0.25) is 0 Å². The van der Waals surface area contributed by atoms with Crippen molar-refractivity contribution in [3.05, 3.63) is 0 Å². The molecular formula is C11H16N2O5. The zero-order valence-corrected chi connectivity index (χ0v) is 10.5. The lowest BCUT2D eigenvalue weighted by Crippen LogP contribution is -2.63. The van der Waals surface area contributed by atoms with Crippen molar-refractivity contribution in [3.63, 3.8) is 0 Å². The molecule has 7 heteroatoms. The summed E-state index contributed by atoms with van der Waals surface area (Å²) in [7, 11) is 0. The smallest absolute Gasteiger partial charge is 0.330 e. The van der Waals surface area contributed by atoms with E-state index in [0.29, 0.717) is 0 Å². The van der Waals surface area contributed by atoms with Crippen LogP contribution < -0.4 is 5.32 Å². The van der Waals surface area contributed by atoms with Crippen LogP contribution in [0.15, 0.2) is 0 Å². The Hall–Kier alpha value is -1.92. The van der Waals surface area contributed by atoms with Crippen LogP contribution in [-0.2, 0) is 14.4 Å². The average molecular weight is 256 g/mol. The van der Waals surface area contributed by atoms with E-state index < -0.39 is 35.7 Å². The number of carbonyl (C=O) groups excluding carboxylic acids is 3. The van der Waals surface area contributed by atoms with Crippen LogP contribution in [0.25, 0.3) is 0 Å². The van der Waals surface area contributed by atoms with Crippen LogP contribution >= 0.6 is 0 Å². The summed E-state index contributed by atoms with van der Waals surface area (Å²) in [5, 5.41) is 10.8. The lowest BCUT2D eigenvalue weighted by atomic mass is 9.82. The van der Waals surface area contributed by atoms with Gasteiger partial charge in [0, 0.05) is 6.54 Å². The number of aliphatic carboxylic acids is 1. The third-order valence-corrected chi connectivity index (χ3v) is 2.74. The number of nitrogens with one attached hydrogen (secondary N) is 1. The minimum Gasteiger partial charge on any atom is -0.481 e. The normalized spacial score (nSPS) is 24.4. The van der Waals surface area contributed by atoms with E-state index in [-0.39, 0.29) is 12.5 Å². The largest absolute Gasteiger partial charge is 0.481 e. The summed E-state index contributed by atoms with van der Waals surface area (Å²) in [5.41, 5.74) is -1.73. The second kappa shape index (κ2) is 4.75. The molecule has 2 N–H and O–H groups in total. The lowest BCUT2D eigenvalue weighted by Gasteiger charge is -2.36. The molecule has 4 amide bonds. The maximum Gasteiger partial charge on any atom is 0.330 e. The highest BCUT2D eigenvalue weighted by atomic mass is 16.4. The summed E-state index contributed by atoms with van der Waals surface area (Å²) in [5.74, 6) is -2.85. The Bertz CT molecular complexity index is 418. The Morgan fingerprint density at radius 2 is 1.94 bits per heavy atom. The molecule has 1 unspecified atom stereocenters. The molecule has 0 bridgehead atoms. The van der Waals surface area contributed by atoms with Crippen LogP contribution in [0.1, 0.15) is 27.2 Å². The molecular weight excluding hydrogens is 240 g/mol. The summed E-state index contributed by atoms with van der Waals surface area (Å²) in [6.07, 6.45) is -0.639. The molecule has 7 nitrogen and oxygen atoms in total. The molecule has 1 atom stereocenters. The van der Waals surface area contributed by atoms with Gasteiger partial charge >= 0.3 is 12.0 Å². The van der Waals surface area contributed by atoms with Gasteiger partial charge in [-0.05, 0) is 12.8 Å². The molecule has 1 saturated heterocycles. The van der Waals surface area contributed by atoms with Crippen molar-refractivity contribution in [2.45, 2.75) is 27.2 Å². The number of carbonyl (C=O) groups is 4. The van der Waals surface area contributed by atoms with E-state index in [2.05, 4.69) is 0 Å². The summed E-state index contributed by atoms with van der Waals surface area (Å²) in [4.78, 5) is 47.0. The van der Waals surface area contributed by atoms with Gasteiger partial charge in [0.25, 0.3) is 0 Å². The van der Waals surface area contributed by atoms with Crippen molar-refractivity contribution in [1.29, 1.82) is 0 Å². The zero-order chi connectivity index (χ0) is 14.1. The standard InChI is InChI=1S/C11H16N2O5/c1-6(2)5-13-9(17)11(3,4-7(14)15)8(16)12-10(13)18/h6H,4-5H2,1-3H3,(H,14,15)(H,12,16,18). The molecule has 1 aliphatic heterocycles. The third-order valence-electron chi connectivity index (χ3n) is 2.74. The fourth-order valence-electron chi connectivity index (χ4n) is 1.78. The average Bonchev–Trinajstić information content (AvgIpc) is 2.21. The van der Waals surface area contributed by atoms with Crippen LogP contribution in [0, 0.1) is 11.3 Å². The number of urea groups is 1. The summed E-state index contributed by atoms with van der Waals surface area (Å²) in [6, 6.07) is -0.790. The van der Waals surface area contributed by atoms with Gasteiger partial charge < -0.3 is 5.11 Å². The molecule has 0 aromatic carbocycles. The van der Waals surface area contributed by atoms with Crippen molar-refractivity contribution < 1.29 is 24.3 Å². The number of hydrogen-bond acceptors (Lipinski definition) is 4. The molecule has 1 rings (SSSR count). The number of imide groups is 2. The first-order valence-corrected chi connectivity index (χ1v) is 5.57. The van der Waals surface area contributed by atoms with Gasteiger partial charge in [0.1, 0.15) is 5.41 Å². The topological polar surface area (TPSA) is 104 Å². The molecule has 0 saturated carbocycles. The van der Waals surface area contributed by atoms with Gasteiger partial charge in [0.05, 0.1) is 6.42 Å². The van der Waals surface area contributed by atoms with Crippen LogP contribution in [-0.4, -0.2) is 40.4 Å². The van der Waals surface area contributed by atoms with Gasteiger partial charge in [0.15, 0.2) is 0 Å². The first-order valence-electron chi connectivity index (χ1n) is 5.57. The van der Waals surface area contributed by atoms with E-state index in [1.807, 2.05) is 19.2 Å². The molecule has 18 heavy (non-hydrogen) atoms. The number of amides is 4. The fraction of sp³-hybridized carbons (Fsp3) is 0.636. The highest BCUT2D eigenvalue weighted by Gasteiger charge is 2.51. The summed E-state index contributed by atoms with van der Waals surface area (Å²) >= 11 is 0. The SMILES string of the molecule is CC(C)CN1C(=O)NC(=O)C(C)(CC(=O)O)C1=O. The van der Waals surface area contributed by atoms with E-state index in [4.69, 9.17) is 5.11 Å². The minimum absolute atomic E-state index is 0.0296. The summed E-state index contributed by atoms with van der Waals surface area (Å²) in [6.45, 7) is 5.00. The molecule has 0 spiro atoms. The maximum absolute atomic E-state index is 12.1. The van der Waals surface area contributed by atoms with Crippen molar-refractivity contribution in [2.24, 2.45) is 11.3 Å². The van der Waals surface area contributed by atoms with E-state index in [0.717, 1.165) is 4.90 Å². The second-order valence-electron chi connectivity index (χ2n) is 4.97. The van der Waals surface area contributed by atoms with Crippen molar-refractivity contribution in [2.75, 3.05) is 6.54 Å². The van der Waals surface area contributed by atoms with E-state index in [1.165, 1.54) is 6.92 Å². The minimum atomic E-state index is -1.73. The molecule has 100 valence electrons. The molecule has 1 aliphatic rings. The predicted molar refractivity (Wildman–Crippen MR) is 60.4 cm³/mol. The number of barbiturate groups is 1. The van der Waals surface area contributed by atoms with Gasteiger partial charge in [0.2, 0.25) is 11.8 Å². The lowest BCUT2D eigenvalue weighted by molar-refractivity contribution is -0.157. The van der Waals surface area contributed by atoms with E-state index in [9.17, 15) is 19.2 Å². The Balaban J connectivity index is 3.05. The van der Waals surface area contributed by atoms with Crippen molar-refractivity contribution in [3.8, 4) is 0 Å². The molecule has 0 radical (unpaired) electrons. The zero-order valence-electron chi connectivity index (χ0n) is 10.5. The Morgan fingerprint density at radius 3 is 2.39 bits per heavy atom. The monoisotopic (exact) mass is 256 g/mol. The first-order chi connectivity index (χ1) is 8.18. The predicted octanol–water partition coefficient (Wildman–Crippen LogP) is 0.202. The van der Waals surface area contributed by atoms with Gasteiger partial charge in [-0.2, -0.15) is 0 Å². The van der Waals surface area contributed by atoms with Gasteiger partial charge in [-0.1, -0.05) is 13.8 Å².